The molecule has 2 heterocycles. The Morgan fingerprint density at radius 1 is 1.12 bits per heavy atom. The van der Waals surface area contributed by atoms with Gasteiger partial charge in [-0.1, -0.05) is 13.3 Å². The standard InChI is InChI=1S/C36H51N5O10S/c1-7-23-12-14-36(23,32(44)40-52(46,47)51-35(5)15-16-35)39-29(42)27-19-25(49-30-26-11-10-24(48-6)18-22(26)13-17-37-30)20-41(27)31(43)28(21-8-9-21)38-33(45)50-34(2,3)4/h10-11,13,17-18,21,23,25,27-28,31,43H,7-9,12,14-16,19-20H2,1-6H3,(H,38,45)(H,39,42)(H,40,44)/t23-,25-,27+,28+,31?,36-/m1/s1. The lowest BCUT2D eigenvalue weighted by Crippen LogP contribution is -2.70. The van der Waals surface area contributed by atoms with Crippen LogP contribution in [0.5, 0.6) is 11.6 Å². The van der Waals surface area contributed by atoms with E-state index in [9.17, 15) is 27.9 Å². The van der Waals surface area contributed by atoms with Gasteiger partial charge in [0.05, 0.1) is 24.8 Å². The van der Waals surface area contributed by atoms with Crippen LogP contribution in [0.25, 0.3) is 10.8 Å². The van der Waals surface area contributed by atoms with Gasteiger partial charge in [0.15, 0.2) is 0 Å². The summed E-state index contributed by atoms with van der Waals surface area (Å²) in [5.74, 6) is -0.817. The molecule has 0 spiro atoms. The second kappa shape index (κ2) is 14.3. The summed E-state index contributed by atoms with van der Waals surface area (Å²) < 4.78 is 50.3. The maximum Gasteiger partial charge on any atom is 0.408 e. The normalized spacial score (nSPS) is 26.8. The fourth-order valence-corrected chi connectivity index (χ4v) is 8.41. The van der Waals surface area contributed by atoms with Crippen LogP contribution in [-0.4, -0.2) is 96.1 Å². The summed E-state index contributed by atoms with van der Waals surface area (Å²) in [5.41, 5.74) is -3.13. The molecule has 0 bridgehead atoms. The second-order valence-electron chi connectivity index (χ2n) is 15.8. The molecule has 2 aromatic rings. The van der Waals surface area contributed by atoms with E-state index in [2.05, 4.69) is 20.3 Å². The molecular weight excluding hydrogens is 694 g/mol. The highest BCUT2D eigenvalue weighted by Gasteiger charge is 2.56. The van der Waals surface area contributed by atoms with Crippen molar-refractivity contribution in [3.63, 3.8) is 0 Å². The van der Waals surface area contributed by atoms with Crippen LogP contribution >= 0.6 is 0 Å². The number of carbonyl (C=O) groups excluding carboxylic acids is 3. The molecule has 52 heavy (non-hydrogen) atoms. The number of fused-ring (bicyclic) bond motifs is 1. The van der Waals surface area contributed by atoms with Gasteiger partial charge in [-0.15, -0.1) is 0 Å². The van der Waals surface area contributed by atoms with E-state index >= 15 is 0 Å². The van der Waals surface area contributed by atoms with Crippen molar-refractivity contribution >= 4 is 39.0 Å². The number of alkyl carbamates (subject to hydrolysis) is 1. The van der Waals surface area contributed by atoms with Crippen molar-refractivity contribution in [3.8, 4) is 11.6 Å². The van der Waals surface area contributed by atoms with Gasteiger partial charge in [0.25, 0.3) is 5.91 Å². The Morgan fingerprint density at radius 3 is 2.44 bits per heavy atom. The third-order valence-corrected chi connectivity index (χ3v) is 11.7. The molecule has 3 saturated carbocycles. The highest BCUT2D eigenvalue weighted by atomic mass is 32.2. The molecule has 1 saturated heterocycles. The summed E-state index contributed by atoms with van der Waals surface area (Å²) in [6, 6.07) is 5.54. The average molecular weight is 746 g/mol. The van der Waals surface area contributed by atoms with Crippen LogP contribution in [0.2, 0.25) is 0 Å². The fraction of sp³-hybridized carbons (Fsp3) is 0.667. The lowest BCUT2D eigenvalue weighted by Gasteiger charge is -2.48. The molecule has 6 rings (SSSR count). The number of nitrogens with one attached hydrogen (secondary N) is 3. The van der Waals surface area contributed by atoms with Gasteiger partial charge in [0.1, 0.15) is 29.2 Å². The molecule has 16 heteroatoms. The highest BCUT2D eigenvalue weighted by molar-refractivity contribution is 7.85. The Hall–Kier alpha value is -3.73. The maximum absolute atomic E-state index is 14.4. The number of benzene rings is 1. The number of likely N-dealkylation sites (tertiary alicyclic amines) is 1. The van der Waals surface area contributed by atoms with E-state index in [4.69, 9.17) is 18.4 Å². The number of ether oxygens (including phenoxy) is 3. The van der Waals surface area contributed by atoms with Crippen LogP contribution in [0.4, 0.5) is 4.79 Å². The number of methoxy groups -OCH3 is 1. The minimum atomic E-state index is -4.44. The molecule has 3 aliphatic carbocycles. The van der Waals surface area contributed by atoms with Crippen molar-refractivity contribution in [2.24, 2.45) is 11.8 Å². The van der Waals surface area contributed by atoms with Gasteiger partial charge >= 0.3 is 16.4 Å². The summed E-state index contributed by atoms with van der Waals surface area (Å²) in [5, 5.41) is 19.3. The summed E-state index contributed by atoms with van der Waals surface area (Å²) in [7, 11) is -2.86. The topological polar surface area (TPSA) is 195 Å². The minimum absolute atomic E-state index is 0.0485. The first-order valence-electron chi connectivity index (χ1n) is 18.1. The molecule has 4 aliphatic rings. The van der Waals surface area contributed by atoms with E-state index in [1.54, 1.807) is 52.0 Å². The first-order valence-corrected chi connectivity index (χ1v) is 19.5. The minimum Gasteiger partial charge on any atom is -0.497 e. The molecule has 1 aromatic carbocycles. The van der Waals surface area contributed by atoms with E-state index in [-0.39, 0.29) is 31.2 Å². The van der Waals surface area contributed by atoms with Gasteiger partial charge in [-0.2, -0.15) is 8.42 Å². The Bertz CT molecular complexity index is 1790. The van der Waals surface area contributed by atoms with Gasteiger partial charge in [-0.3, -0.25) is 14.5 Å². The van der Waals surface area contributed by atoms with E-state index in [0.29, 0.717) is 37.3 Å². The maximum atomic E-state index is 14.4. The quantitative estimate of drug-likeness (QED) is 0.221. The van der Waals surface area contributed by atoms with E-state index in [1.807, 2.05) is 25.1 Å². The van der Waals surface area contributed by atoms with Crippen LogP contribution in [0, 0.1) is 11.8 Å². The van der Waals surface area contributed by atoms with Gasteiger partial charge in [-0.25, -0.2) is 18.7 Å². The van der Waals surface area contributed by atoms with Crippen molar-refractivity contribution < 1.29 is 46.3 Å². The summed E-state index contributed by atoms with van der Waals surface area (Å²) in [4.78, 5) is 47.1. The predicted molar refractivity (Wildman–Crippen MR) is 189 cm³/mol. The average Bonchev–Trinajstić information content (AvgIpc) is 3.98. The number of pyridine rings is 1. The number of amides is 3. The van der Waals surface area contributed by atoms with Gasteiger partial charge in [0.2, 0.25) is 11.8 Å². The Kier molecular flexibility index (Phi) is 10.4. The van der Waals surface area contributed by atoms with Crippen LogP contribution in [0.1, 0.15) is 86.0 Å². The SMILES string of the molecule is CC[C@@H]1CC[C@]1(NC(=O)[C@@H]1C[C@@H](Oc2nccc3cc(OC)ccc23)CN1C(O)[C@@H](NC(=O)OC(C)(C)C)C1CC1)C(=O)NS(=O)(=O)OC1(C)CC1. The van der Waals surface area contributed by atoms with E-state index in [0.717, 1.165) is 23.6 Å². The number of nitrogens with zero attached hydrogens (tertiary/aromatic N) is 2. The predicted octanol–water partition coefficient (Wildman–Crippen LogP) is 3.29. The number of carbonyl (C=O) groups is 3. The van der Waals surface area contributed by atoms with Crippen LogP contribution in [0.3, 0.4) is 0 Å². The summed E-state index contributed by atoms with van der Waals surface area (Å²) in [6.45, 7) is 8.85. The molecule has 0 radical (unpaired) electrons. The molecule has 1 aliphatic heterocycles. The molecule has 1 aromatic heterocycles. The molecule has 4 N–H and O–H groups in total. The number of hydrogen-bond acceptors (Lipinski definition) is 12. The Morgan fingerprint density at radius 2 is 1.85 bits per heavy atom. The lowest BCUT2D eigenvalue weighted by molar-refractivity contribution is -0.144. The molecule has 286 valence electrons. The summed E-state index contributed by atoms with van der Waals surface area (Å²) in [6.07, 6.45) is 3.05. The Balaban J connectivity index is 1.27. The third kappa shape index (κ3) is 8.40. The van der Waals surface area contributed by atoms with Crippen molar-refractivity contribution in [1.82, 2.24) is 25.2 Å². The zero-order valence-corrected chi connectivity index (χ0v) is 31.5. The molecular formula is C36H51N5O10S. The smallest absolute Gasteiger partial charge is 0.408 e. The molecule has 6 atom stereocenters. The molecule has 4 fully saturated rings. The first kappa shape index (κ1) is 38.0. The van der Waals surface area contributed by atoms with Crippen molar-refractivity contribution in [3.05, 3.63) is 30.5 Å². The number of aromatic nitrogens is 1. The number of aliphatic hydroxyl groups excluding tert-OH is 1. The van der Waals surface area contributed by atoms with Crippen molar-refractivity contribution in [2.45, 2.75) is 127 Å². The first-order chi connectivity index (χ1) is 24.4. The zero-order chi connectivity index (χ0) is 37.6. The van der Waals surface area contributed by atoms with Crippen molar-refractivity contribution in [1.29, 1.82) is 0 Å². The van der Waals surface area contributed by atoms with Gasteiger partial charge < -0.3 is 30.0 Å². The van der Waals surface area contributed by atoms with Gasteiger partial charge in [-0.05, 0) is 108 Å². The van der Waals surface area contributed by atoms with Gasteiger partial charge in [0, 0.05) is 24.5 Å². The molecule has 1 unspecified atom stereocenters. The lowest BCUT2D eigenvalue weighted by atomic mass is 9.64. The number of rotatable bonds is 14. The van der Waals surface area contributed by atoms with Crippen LogP contribution in [0.15, 0.2) is 30.5 Å². The Labute approximate surface area is 304 Å². The monoisotopic (exact) mass is 745 g/mol. The molecule has 15 nitrogen and oxygen atoms in total. The largest absolute Gasteiger partial charge is 0.497 e. The van der Waals surface area contributed by atoms with E-state index < -0.39 is 69.4 Å². The van der Waals surface area contributed by atoms with Crippen molar-refractivity contribution in [2.75, 3.05) is 13.7 Å². The second-order valence-corrected chi connectivity index (χ2v) is 17.1. The third-order valence-electron chi connectivity index (χ3n) is 10.6. The van der Waals surface area contributed by atoms with Crippen LogP contribution in [-0.2, 0) is 28.8 Å². The van der Waals surface area contributed by atoms with E-state index in [1.165, 1.54) is 0 Å². The van der Waals surface area contributed by atoms with Crippen LogP contribution < -0.4 is 24.8 Å². The number of aliphatic hydroxyl groups is 1. The number of hydrogen-bond donors (Lipinski definition) is 4. The summed E-state index contributed by atoms with van der Waals surface area (Å²) >= 11 is 0. The zero-order valence-electron chi connectivity index (χ0n) is 30.6. The highest BCUT2D eigenvalue weighted by Crippen LogP contribution is 2.44. The fourth-order valence-electron chi connectivity index (χ4n) is 7.27. The molecule has 3 amide bonds.